The number of hydrogen-bond acceptors (Lipinski definition) is 2. The number of hydrogen-bond donors (Lipinski definition) is 1. The van der Waals surface area contributed by atoms with Gasteiger partial charge in [0.15, 0.2) is 0 Å². The Labute approximate surface area is 116 Å². The van der Waals surface area contributed by atoms with Crippen LogP contribution in [0.5, 0.6) is 0 Å². The molecule has 0 amide bonds. The van der Waals surface area contributed by atoms with E-state index in [0.717, 1.165) is 35.8 Å². The van der Waals surface area contributed by atoms with Gasteiger partial charge in [-0.15, -0.1) is 0 Å². The number of aliphatic hydroxyl groups excluding tert-OH is 1. The molecule has 1 unspecified atom stereocenters. The van der Waals surface area contributed by atoms with E-state index in [-0.39, 0.29) is 12.4 Å². The lowest BCUT2D eigenvalue weighted by Crippen LogP contribution is -2.29. The molecule has 2 nitrogen and oxygen atoms in total. The molecule has 1 aliphatic rings. The number of aliphatic hydroxyl groups is 1. The molecule has 1 aromatic carbocycles. The normalized spacial score (nSPS) is 20.5. The van der Waals surface area contributed by atoms with E-state index < -0.39 is 0 Å². The molecular weight excluding hydrogens is 297 g/mol. The maximum absolute atomic E-state index is 13.8. The van der Waals surface area contributed by atoms with Crippen LogP contribution in [0.4, 0.5) is 4.39 Å². The molecule has 0 bridgehead atoms. The van der Waals surface area contributed by atoms with E-state index in [0.29, 0.717) is 12.6 Å². The van der Waals surface area contributed by atoms with Crippen molar-refractivity contribution >= 4 is 15.9 Å². The maximum atomic E-state index is 13.8. The van der Waals surface area contributed by atoms with Gasteiger partial charge in [-0.05, 0) is 44.4 Å². The summed E-state index contributed by atoms with van der Waals surface area (Å²) in [7, 11) is 0. The second kappa shape index (κ2) is 6.64. The van der Waals surface area contributed by atoms with E-state index in [1.54, 1.807) is 0 Å². The third-order valence-corrected chi connectivity index (χ3v) is 4.08. The summed E-state index contributed by atoms with van der Waals surface area (Å²) < 4.78 is 14.6. The first-order chi connectivity index (χ1) is 8.70. The van der Waals surface area contributed by atoms with Crippen molar-refractivity contribution in [3.8, 4) is 0 Å². The van der Waals surface area contributed by atoms with Crippen LogP contribution in [0.2, 0.25) is 0 Å². The molecular formula is C14H19BrFNO. The summed E-state index contributed by atoms with van der Waals surface area (Å²) in [5.74, 6) is -0.141. The Morgan fingerprint density at radius 3 is 3.00 bits per heavy atom. The average molecular weight is 316 g/mol. The minimum atomic E-state index is -0.141. The lowest BCUT2D eigenvalue weighted by atomic mass is 10.1. The molecule has 18 heavy (non-hydrogen) atoms. The molecule has 0 aromatic heterocycles. The number of benzene rings is 1. The molecule has 0 spiro atoms. The van der Waals surface area contributed by atoms with Crippen LogP contribution in [0.1, 0.15) is 31.2 Å². The molecule has 1 aromatic rings. The van der Waals surface area contributed by atoms with Gasteiger partial charge < -0.3 is 5.11 Å². The van der Waals surface area contributed by atoms with Crippen LogP contribution in [0.3, 0.4) is 0 Å². The topological polar surface area (TPSA) is 23.5 Å². The van der Waals surface area contributed by atoms with Gasteiger partial charge in [-0.1, -0.05) is 22.0 Å². The van der Waals surface area contributed by atoms with Gasteiger partial charge in [-0.2, -0.15) is 0 Å². The second-order valence-corrected chi connectivity index (χ2v) is 5.78. The van der Waals surface area contributed by atoms with Gasteiger partial charge in [-0.3, -0.25) is 4.90 Å². The number of rotatable bonds is 5. The van der Waals surface area contributed by atoms with Gasteiger partial charge in [0.25, 0.3) is 0 Å². The zero-order chi connectivity index (χ0) is 13.0. The Bertz CT molecular complexity index is 399. The van der Waals surface area contributed by atoms with Crippen LogP contribution in [-0.2, 0) is 6.54 Å². The predicted octanol–water partition coefficient (Wildman–Crippen LogP) is 3.33. The Morgan fingerprint density at radius 2 is 2.28 bits per heavy atom. The van der Waals surface area contributed by atoms with E-state index in [2.05, 4.69) is 20.8 Å². The van der Waals surface area contributed by atoms with Crippen molar-refractivity contribution in [2.24, 2.45) is 0 Å². The van der Waals surface area contributed by atoms with Crippen molar-refractivity contribution in [1.29, 1.82) is 0 Å². The highest BCUT2D eigenvalue weighted by Crippen LogP contribution is 2.25. The maximum Gasteiger partial charge on any atom is 0.128 e. The minimum absolute atomic E-state index is 0.141. The summed E-state index contributed by atoms with van der Waals surface area (Å²) >= 11 is 3.27. The van der Waals surface area contributed by atoms with Gasteiger partial charge in [0.05, 0.1) is 0 Å². The van der Waals surface area contributed by atoms with Gasteiger partial charge in [-0.25, -0.2) is 4.39 Å². The Morgan fingerprint density at radius 1 is 1.44 bits per heavy atom. The molecule has 1 atom stereocenters. The van der Waals surface area contributed by atoms with Crippen molar-refractivity contribution in [3.63, 3.8) is 0 Å². The average Bonchev–Trinajstić information content (AvgIpc) is 2.77. The third-order valence-electron chi connectivity index (χ3n) is 3.58. The standard InChI is InChI=1S/C14H19BrFNO/c15-12-6-5-11(14(16)9-12)10-17-7-1-3-13(17)4-2-8-18/h5-6,9,13,18H,1-4,7-8,10H2. The van der Waals surface area contributed by atoms with Crippen LogP contribution in [0, 0.1) is 5.82 Å². The molecule has 2 rings (SSSR count). The first-order valence-corrected chi connectivity index (χ1v) is 7.29. The first kappa shape index (κ1) is 14.0. The van der Waals surface area contributed by atoms with E-state index in [4.69, 9.17) is 5.11 Å². The third kappa shape index (κ3) is 3.53. The Hall–Kier alpha value is -0.450. The molecule has 0 aliphatic carbocycles. The molecule has 1 heterocycles. The highest BCUT2D eigenvalue weighted by atomic mass is 79.9. The van der Waals surface area contributed by atoms with Crippen LogP contribution in [0.25, 0.3) is 0 Å². The van der Waals surface area contributed by atoms with Crippen LogP contribution < -0.4 is 0 Å². The SMILES string of the molecule is OCCCC1CCCN1Cc1ccc(Br)cc1F. The van der Waals surface area contributed by atoms with E-state index in [9.17, 15) is 4.39 Å². The zero-order valence-corrected chi connectivity index (χ0v) is 12.0. The molecule has 0 saturated carbocycles. The summed E-state index contributed by atoms with van der Waals surface area (Å²) in [4.78, 5) is 2.34. The molecule has 100 valence electrons. The lowest BCUT2D eigenvalue weighted by molar-refractivity contribution is 0.208. The molecule has 0 radical (unpaired) electrons. The summed E-state index contributed by atoms with van der Waals surface area (Å²) in [6.45, 7) is 1.96. The summed E-state index contributed by atoms with van der Waals surface area (Å²) in [6, 6.07) is 5.76. The van der Waals surface area contributed by atoms with E-state index in [1.807, 2.05) is 12.1 Å². The number of nitrogens with zero attached hydrogens (tertiary/aromatic N) is 1. The van der Waals surface area contributed by atoms with Crippen molar-refractivity contribution in [3.05, 3.63) is 34.1 Å². The van der Waals surface area contributed by atoms with Crippen molar-refractivity contribution in [2.45, 2.75) is 38.3 Å². The molecule has 1 fully saturated rings. The van der Waals surface area contributed by atoms with E-state index >= 15 is 0 Å². The fourth-order valence-electron chi connectivity index (χ4n) is 2.63. The highest BCUT2D eigenvalue weighted by molar-refractivity contribution is 9.10. The first-order valence-electron chi connectivity index (χ1n) is 6.49. The highest BCUT2D eigenvalue weighted by Gasteiger charge is 2.24. The van der Waals surface area contributed by atoms with Gasteiger partial charge in [0.1, 0.15) is 5.82 Å². The zero-order valence-electron chi connectivity index (χ0n) is 10.4. The minimum Gasteiger partial charge on any atom is -0.396 e. The van der Waals surface area contributed by atoms with Gasteiger partial charge >= 0.3 is 0 Å². The molecule has 1 aliphatic heterocycles. The fourth-order valence-corrected chi connectivity index (χ4v) is 2.96. The van der Waals surface area contributed by atoms with Crippen molar-refractivity contribution < 1.29 is 9.50 Å². The summed E-state index contributed by atoms with van der Waals surface area (Å²) in [5, 5.41) is 8.89. The van der Waals surface area contributed by atoms with Crippen LogP contribution in [0.15, 0.2) is 22.7 Å². The Balaban J connectivity index is 1.99. The van der Waals surface area contributed by atoms with Crippen LogP contribution >= 0.6 is 15.9 Å². The van der Waals surface area contributed by atoms with Gasteiger partial charge in [0, 0.05) is 29.2 Å². The molecule has 4 heteroatoms. The van der Waals surface area contributed by atoms with E-state index in [1.165, 1.54) is 12.5 Å². The van der Waals surface area contributed by atoms with Crippen molar-refractivity contribution in [1.82, 2.24) is 4.90 Å². The summed E-state index contributed by atoms with van der Waals surface area (Å²) in [5.41, 5.74) is 0.758. The largest absolute Gasteiger partial charge is 0.396 e. The smallest absolute Gasteiger partial charge is 0.128 e. The monoisotopic (exact) mass is 315 g/mol. The number of halogens is 2. The Kier molecular flexibility index (Phi) is 5.15. The molecule has 1 N–H and O–H groups in total. The van der Waals surface area contributed by atoms with Crippen molar-refractivity contribution in [2.75, 3.05) is 13.2 Å². The summed E-state index contributed by atoms with van der Waals surface area (Å²) in [6.07, 6.45) is 4.19. The quantitative estimate of drug-likeness (QED) is 0.901. The fraction of sp³-hybridized carbons (Fsp3) is 0.571. The predicted molar refractivity (Wildman–Crippen MR) is 73.9 cm³/mol. The lowest BCUT2D eigenvalue weighted by Gasteiger charge is -2.24. The van der Waals surface area contributed by atoms with Crippen LogP contribution in [-0.4, -0.2) is 29.2 Å². The second-order valence-electron chi connectivity index (χ2n) is 4.87. The number of likely N-dealkylation sites (tertiary alicyclic amines) is 1. The van der Waals surface area contributed by atoms with Gasteiger partial charge in [0.2, 0.25) is 0 Å². The molecule has 1 saturated heterocycles.